The monoisotopic (exact) mass is 391 g/mol. The smallest absolute Gasteiger partial charge is 0.456 e. The van der Waals surface area contributed by atoms with Gasteiger partial charge in [0.2, 0.25) is 0 Å². The molecule has 0 saturated carbocycles. The van der Waals surface area contributed by atoms with Crippen molar-refractivity contribution in [3.05, 3.63) is 72.3 Å². The van der Waals surface area contributed by atoms with Crippen LogP contribution in [-0.4, -0.2) is 23.8 Å². The number of para-hydroxylation sites is 1. The van der Waals surface area contributed by atoms with E-state index < -0.39 is 23.8 Å². The highest BCUT2D eigenvalue weighted by Crippen LogP contribution is 2.32. The van der Waals surface area contributed by atoms with Crippen LogP contribution in [0.1, 0.15) is 36.7 Å². The van der Waals surface area contributed by atoms with Gasteiger partial charge in [0.05, 0.1) is 11.3 Å². The van der Waals surface area contributed by atoms with Crippen LogP contribution < -0.4 is 4.90 Å². The summed E-state index contributed by atoms with van der Waals surface area (Å²) >= 11 is 0. The Balaban J connectivity index is 2.49. The quantitative estimate of drug-likeness (QED) is 0.408. The lowest BCUT2D eigenvalue weighted by atomic mass is 9.99. The molecule has 0 radical (unpaired) electrons. The summed E-state index contributed by atoms with van der Waals surface area (Å²) in [6.45, 7) is 8.57. The SMILES string of the molecule is C=C(C(=O)OC(C)(C)C)c1ccccc1C(=O)N(c1ccccc1)C(F)(F)F. The van der Waals surface area contributed by atoms with Crippen molar-refractivity contribution in [3.8, 4) is 0 Å². The number of carbonyl (C=O) groups excluding carboxylic acids is 2. The minimum Gasteiger partial charge on any atom is -0.456 e. The molecule has 0 aliphatic heterocycles. The van der Waals surface area contributed by atoms with Crippen LogP contribution in [0, 0.1) is 0 Å². The minimum absolute atomic E-state index is 0.0214. The summed E-state index contributed by atoms with van der Waals surface area (Å²) in [4.78, 5) is 24.9. The lowest BCUT2D eigenvalue weighted by Crippen LogP contribution is -2.43. The number of anilines is 1. The fourth-order valence-corrected chi connectivity index (χ4v) is 2.46. The highest BCUT2D eigenvalue weighted by atomic mass is 19.4. The molecule has 0 aliphatic carbocycles. The maximum Gasteiger partial charge on any atom is 0.491 e. The van der Waals surface area contributed by atoms with E-state index in [9.17, 15) is 22.8 Å². The van der Waals surface area contributed by atoms with Gasteiger partial charge in [-0.2, -0.15) is 0 Å². The molecule has 0 heterocycles. The second kappa shape index (κ2) is 7.88. The number of nitrogens with zero attached hydrogens (tertiary/aromatic N) is 1. The molecule has 1 amide bonds. The van der Waals surface area contributed by atoms with E-state index in [-0.39, 0.29) is 27.3 Å². The fraction of sp³-hybridized carbons (Fsp3) is 0.238. The van der Waals surface area contributed by atoms with E-state index in [1.807, 2.05) is 0 Å². The van der Waals surface area contributed by atoms with Gasteiger partial charge in [-0.25, -0.2) is 9.69 Å². The van der Waals surface area contributed by atoms with Crippen molar-refractivity contribution < 1.29 is 27.5 Å². The van der Waals surface area contributed by atoms with E-state index in [1.165, 1.54) is 48.5 Å². The molecule has 0 fully saturated rings. The van der Waals surface area contributed by atoms with Crippen molar-refractivity contribution >= 4 is 23.1 Å². The summed E-state index contributed by atoms with van der Waals surface area (Å²) < 4.78 is 46.2. The van der Waals surface area contributed by atoms with Crippen LogP contribution in [-0.2, 0) is 9.53 Å². The van der Waals surface area contributed by atoms with E-state index in [4.69, 9.17) is 4.74 Å². The van der Waals surface area contributed by atoms with Crippen molar-refractivity contribution in [1.29, 1.82) is 0 Å². The van der Waals surface area contributed by atoms with Gasteiger partial charge < -0.3 is 4.74 Å². The third-order valence-corrected chi connectivity index (χ3v) is 3.60. The lowest BCUT2D eigenvalue weighted by Gasteiger charge is -2.26. The molecule has 2 aromatic carbocycles. The zero-order valence-electron chi connectivity index (χ0n) is 15.7. The van der Waals surface area contributed by atoms with Gasteiger partial charge in [0.1, 0.15) is 5.60 Å². The molecular weight excluding hydrogens is 371 g/mol. The molecule has 0 atom stereocenters. The van der Waals surface area contributed by atoms with Crippen molar-refractivity contribution in [2.24, 2.45) is 0 Å². The Labute approximate surface area is 161 Å². The molecule has 0 bridgehead atoms. The van der Waals surface area contributed by atoms with Gasteiger partial charge in [0.25, 0.3) is 5.91 Å². The van der Waals surface area contributed by atoms with Crippen molar-refractivity contribution in [2.75, 3.05) is 4.90 Å². The first-order chi connectivity index (χ1) is 12.9. The molecule has 2 aromatic rings. The first-order valence-electron chi connectivity index (χ1n) is 8.40. The molecule has 0 N–H and O–H groups in total. The highest BCUT2D eigenvalue weighted by molar-refractivity contribution is 6.20. The van der Waals surface area contributed by atoms with Crippen LogP contribution in [0.2, 0.25) is 0 Å². The number of hydrogen-bond donors (Lipinski definition) is 0. The second-order valence-electron chi connectivity index (χ2n) is 6.97. The molecule has 148 valence electrons. The third kappa shape index (κ3) is 5.00. The summed E-state index contributed by atoms with van der Waals surface area (Å²) in [6, 6.07) is 12.2. The summed E-state index contributed by atoms with van der Waals surface area (Å²) in [6.07, 6.45) is -4.96. The van der Waals surface area contributed by atoms with Crippen LogP contribution in [0.4, 0.5) is 18.9 Å². The molecule has 2 rings (SSSR count). The fourth-order valence-electron chi connectivity index (χ4n) is 2.46. The van der Waals surface area contributed by atoms with Gasteiger partial charge in [0.15, 0.2) is 0 Å². The summed E-state index contributed by atoms with van der Waals surface area (Å²) in [7, 11) is 0. The molecule has 0 saturated heterocycles. The number of esters is 1. The largest absolute Gasteiger partial charge is 0.491 e. The zero-order chi connectivity index (χ0) is 21.1. The van der Waals surface area contributed by atoms with Crippen molar-refractivity contribution in [3.63, 3.8) is 0 Å². The predicted octanol–water partition coefficient (Wildman–Crippen LogP) is 5.21. The predicted molar refractivity (Wildman–Crippen MR) is 101 cm³/mol. The van der Waals surface area contributed by atoms with Crippen LogP contribution in [0.3, 0.4) is 0 Å². The number of ether oxygens (including phenoxy) is 1. The summed E-state index contributed by atoms with van der Waals surface area (Å²) in [5.41, 5.74) is -1.68. The molecule has 7 heteroatoms. The highest BCUT2D eigenvalue weighted by Gasteiger charge is 2.43. The Kier molecular flexibility index (Phi) is 5.97. The Morgan fingerprint density at radius 2 is 1.39 bits per heavy atom. The molecule has 0 spiro atoms. The Morgan fingerprint density at radius 3 is 1.89 bits per heavy atom. The molecule has 0 aromatic heterocycles. The zero-order valence-corrected chi connectivity index (χ0v) is 15.7. The van der Waals surface area contributed by atoms with E-state index >= 15 is 0 Å². The van der Waals surface area contributed by atoms with Crippen LogP contribution >= 0.6 is 0 Å². The molecule has 0 aliphatic rings. The van der Waals surface area contributed by atoms with Crippen LogP contribution in [0.25, 0.3) is 5.57 Å². The number of carbonyl (C=O) groups is 2. The van der Waals surface area contributed by atoms with E-state index in [0.29, 0.717) is 0 Å². The number of benzene rings is 2. The lowest BCUT2D eigenvalue weighted by molar-refractivity contribution is -0.147. The first kappa shape index (κ1) is 21.2. The van der Waals surface area contributed by atoms with Crippen LogP contribution in [0.15, 0.2) is 61.2 Å². The van der Waals surface area contributed by atoms with Gasteiger partial charge in [-0.05, 0) is 39.0 Å². The van der Waals surface area contributed by atoms with Crippen molar-refractivity contribution in [1.82, 2.24) is 0 Å². The topological polar surface area (TPSA) is 46.6 Å². The number of hydrogen-bond acceptors (Lipinski definition) is 3. The normalized spacial score (nSPS) is 11.6. The Hall–Kier alpha value is -3.09. The summed E-state index contributed by atoms with van der Waals surface area (Å²) in [5, 5.41) is 0. The average Bonchev–Trinajstić information content (AvgIpc) is 2.59. The van der Waals surface area contributed by atoms with Gasteiger partial charge >= 0.3 is 12.3 Å². The van der Waals surface area contributed by atoms with Gasteiger partial charge in [-0.3, -0.25) is 4.79 Å². The number of halogens is 3. The molecule has 4 nitrogen and oxygen atoms in total. The summed E-state index contributed by atoms with van der Waals surface area (Å²) in [5.74, 6) is -2.13. The third-order valence-electron chi connectivity index (χ3n) is 3.60. The first-order valence-corrected chi connectivity index (χ1v) is 8.40. The van der Waals surface area contributed by atoms with E-state index in [0.717, 1.165) is 0 Å². The minimum atomic E-state index is -4.96. The Bertz CT molecular complexity index is 884. The maximum atomic E-state index is 13.6. The standard InChI is InChI=1S/C21H20F3NO3/c1-14(19(27)28-20(2,3)4)16-12-8-9-13-17(16)18(26)25(21(22,23)24)15-10-6-5-7-11-15/h5-13H,1H2,2-4H3. The van der Waals surface area contributed by atoms with E-state index in [1.54, 1.807) is 26.8 Å². The van der Waals surface area contributed by atoms with E-state index in [2.05, 4.69) is 6.58 Å². The van der Waals surface area contributed by atoms with Gasteiger partial charge in [-0.15, -0.1) is 13.2 Å². The maximum absolute atomic E-state index is 13.6. The molecule has 28 heavy (non-hydrogen) atoms. The average molecular weight is 391 g/mol. The van der Waals surface area contributed by atoms with Crippen LogP contribution in [0.5, 0.6) is 0 Å². The number of amides is 1. The van der Waals surface area contributed by atoms with Crippen molar-refractivity contribution in [2.45, 2.75) is 32.7 Å². The van der Waals surface area contributed by atoms with Gasteiger partial charge in [-0.1, -0.05) is 43.0 Å². The Morgan fingerprint density at radius 1 is 0.893 bits per heavy atom. The number of alkyl halides is 3. The van der Waals surface area contributed by atoms with Gasteiger partial charge in [0, 0.05) is 11.1 Å². The molecule has 0 unspecified atom stereocenters. The molecular formula is C21H20F3NO3. The second-order valence-corrected chi connectivity index (χ2v) is 6.97. The number of rotatable bonds is 4.